The van der Waals surface area contributed by atoms with Gasteiger partial charge in [-0.1, -0.05) is 44.2 Å². The Morgan fingerprint density at radius 3 is 2.38 bits per heavy atom. The largest absolute Gasteiger partial charge is 0.493 e. The molecule has 0 spiro atoms. The van der Waals surface area contributed by atoms with Gasteiger partial charge in [-0.2, -0.15) is 14.9 Å². The van der Waals surface area contributed by atoms with Crippen LogP contribution in [0.25, 0.3) is 0 Å². The van der Waals surface area contributed by atoms with Gasteiger partial charge in [0.2, 0.25) is 10.5 Å². The zero-order chi connectivity index (χ0) is 20.8. The zero-order valence-corrected chi connectivity index (χ0v) is 17.7. The van der Waals surface area contributed by atoms with Crippen molar-refractivity contribution in [3.8, 4) is 17.2 Å². The number of ether oxygens (including phenoxy) is 3. The number of aromatic nitrogens is 3. The minimum absolute atomic E-state index is 0.179. The zero-order valence-electron chi connectivity index (χ0n) is 16.9. The number of benzene rings is 2. The molecule has 0 bridgehead atoms. The molecule has 2 aromatic carbocycles. The van der Waals surface area contributed by atoms with Gasteiger partial charge in [-0.25, -0.2) is 0 Å². The predicted octanol–water partition coefficient (Wildman–Crippen LogP) is 4.54. The van der Waals surface area contributed by atoms with Gasteiger partial charge < -0.3 is 14.2 Å². The molecular formula is C21H24N4O3S. The standard InChI is InChI=1S/C21H24N4O3S/c1-14(2)20-23-24-21(29)25(20)22-12-16-10-17(26-3)19(18(11-16)27-4)28-13-15-8-6-5-7-9-15/h5-12,14H,13H2,1-4H3,(H,24,29)/b22-12-. The molecular weight excluding hydrogens is 388 g/mol. The summed E-state index contributed by atoms with van der Waals surface area (Å²) in [4.78, 5) is 0. The molecule has 0 unspecified atom stereocenters. The topological polar surface area (TPSA) is 73.7 Å². The van der Waals surface area contributed by atoms with E-state index in [0.29, 0.717) is 28.6 Å². The van der Waals surface area contributed by atoms with Crippen molar-refractivity contribution in [2.75, 3.05) is 14.2 Å². The van der Waals surface area contributed by atoms with Crippen molar-refractivity contribution < 1.29 is 14.2 Å². The molecule has 3 rings (SSSR count). The van der Waals surface area contributed by atoms with Crippen molar-refractivity contribution in [1.29, 1.82) is 0 Å². The first kappa shape index (κ1) is 20.6. The molecule has 29 heavy (non-hydrogen) atoms. The summed E-state index contributed by atoms with van der Waals surface area (Å²) < 4.78 is 19.1. The average Bonchev–Trinajstić information content (AvgIpc) is 3.11. The molecule has 0 saturated heterocycles. The summed E-state index contributed by atoms with van der Waals surface area (Å²) in [5.74, 6) is 2.59. The summed E-state index contributed by atoms with van der Waals surface area (Å²) in [7, 11) is 3.18. The summed E-state index contributed by atoms with van der Waals surface area (Å²) in [5, 5.41) is 11.5. The Hall–Kier alpha value is -3.13. The van der Waals surface area contributed by atoms with Crippen molar-refractivity contribution >= 4 is 18.4 Å². The molecule has 1 aromatic heterocycles. The van der Waals surface area contributed by atoms with Crippen LogP contribution in [0.5, 0.6) is 17.2 Å². The lowest BCUT2D eigenvalue weighted by Gasteiger charge is -2.15. The fraction of sp³-hybridized carbons (Fsp3) is 0.286. The molecule has 1 N–H and O–H groups in total. The summed E-state index contributed by atoms with van der Waals surface area (Å²) in [6.07, 6.45) is 1.68. The van der Waals surface area contributed by atoms with Crippen molar-refractivity contribution in [1.82, 2.24) is 14.9 Å². The lowest BCUT2D eigenvalue weighted by atomic mass is 10.2. The van der Waals surface area contributed by atoms with Crippen LogP contribution in [0.3, 0.4) is 0 Å². The molecule has 3 aromatic rings. The first-order valence-electron chi connectivity index (χ1n) is 9.18. The number of nitrogens with zero attached hydrogens (tertiary/aromatic N) is 3. The van der Waals surface area contributed by atoms with E-state index >= 15 is 0 Å². The predicted molar refractivity (Wildman–Crippen MR) is 115 cm³/mol. The van der Waals surface area contributed by atoms with E-state index in [2.05, 4.69) is 15.3 Å². The molecule has 0 aliphatic heterocycles. The van der Waals surface area contributed by atoms with Crippen LogP contribution in [0.2, 0.25) is 0 Å². The van der Waals surface area contributed by atoms with E-state index in [1.165, 1.54) is 0 Å². The Morgan fingerprint density at radius 1 is 1.14 bits per heavy atom. The first-order valence-corrected chi connectivity index (χ1v) is 9.58. The maximum absolute atomic E-state index is 5.98. The second-order valence-corrected chi connectivity index (χ2v) is 7.01. The van der Waals surface area contributed by atoms with Crippen LogP contribution in [0.1, 0.15) is 36.7 Å². The van der Waals surface area contributed by atoms with E-state index in [0.717, 1.165) is 17.0 Å². The van der Waals surface area contributed by atoms with Crippen molar-refractivity contribution in [3.63, 3.8) is 0 Å². The number of H-pyrrole nitrogens is 1. The maximum Gasteiger partial charge on any atom is 0.216 e. The van der Waals surface area contributed by atoms with E-state index in [1.54, 1.807) is 25.1 Å². The summed E-state index contributed by atoms with van der Waals surface area (Å²) in [6, 6.07) is 13.6. The van der Waals surface area contributed by atoms with Gasteiger partial charge >= 0.3 is 0 Å². The van der Waals surface area contributed by atoms with Crippen molar-refractivity contribution in [2.45, 2.75) is 26.4 Å². The van der Waals surface area contributed by atoms with Gasteiger partial charge in [0.15, 0.2) is 17.3 Å². The summed E-state index contributed by atoms with van der Waals surface area (Å²) >= 11 is 5.27. The number of hydrogen-bond acceptors (Lipinski definition) is 6. The highest BCUT2D eigenvalue weighted by Gasteiger charge is 2.15. The third kappa shape index (κ3) is 4.83. The minimum atomic E-state index is 0.179. The first-order chi connectivity index (χ1) is 14.0. The Morgan fingerprint density at radius 2 is 1.79 bits per heavy atom. The highest BCUT2D eigenvalue weighted by atomic mass is 32.1. The van der Waals surface area contributed by atoms with Crippen LogP contribution in [0, 0.1) is 4.77 Å². The maximum atomic E-state index is 5.98. The van der Waals surface area contributed by atoms with E-state index < -0.39 is 0 Å². The number of nitrogens with one attached hydrogen (secondary N) is 1. The fourth-order valence-corrected chi connectivity index (χ4v) is 2.95. The SMILES string of the molecule is COc1cc(/C=N\n2c(C(C)C)n[nH]c2=S)cc(OC)c1OCc1ccccc1. The van der Waals surface area contributed by atoms with E-state index in [4.69, 9.17) is 26.4 Å². The molecule has 0 atom stereocenters. The van der Waals surface area contributed by atoms with Crippen LogP contribution in [0.4, 0.5) is 0 Å². The highest BCUT2D eigenvalue weighted by Crippen LogP contribution is 2.38. The number of aromatic amines is 1. The Labute approximate surface area is 174 Å². The minimum Gasteiger partial charge on any atom is -0.493 e. The lowest BCUT2D eigenvalue weighted by molar-refractivity contribution is 0.266. The van der Waals surface area contributed by atoms with E-state index in [1.807, 2.05) is 56.3 Å². The van der Waals surface area contributed by atoms with Gasteiger partial charge in [-0.05, 0) is 29.9 Å². The molecule has 0 radical (unpaired) electrons. The molecule has 0 fully saturated rings. The fourth-order valence-electron chi connectivity index (χ4n) is 2.76. The number of hydrogen-bond donors (Lipinski definition) is 1. The number of methoxy groups -OCH3 is 2. The third-order valence-electron chi connectivity index (χ3n) is 4.22. The molecule has 0 saturated carbocycles. The van der Waals surface area contributed by atoms with Gasteiger partial charge in [0.1, 0.15) is 6.61 Å². The highest BCUT2D eigenvalue weighted by molar-refractivity contribution is 7.71. The van der Waals surface area contributed by atoms with Crippen LogP contribution in [-0.4, -0.2) is 35.3 Å². The monoisotopic (exact) mass is 412 g/mol. The van der Waals surface area contributed by atoms with Crippen LogP contribution >= 0.6 is 12.2 Å². The molecule has 8 heteroatoms. The summed E-state index contributed by atoms with van der Waals surface area (Å²) in [6.45, 7) is 4.46. The van der Waals surface area contributed by atoms with E-state index in [-0.39, 0.29) is 5.92 Å². The smallest absolute Gasteiger partial charge is 0.216 e. The Bertz CT molecular complexity index is 1020. The second kappa shape index (κ2) is 9.38. The quantitative estimate of drug-likeness (QED) is 0.434. The third-order valence-corrected chi connectivity index (χ3v) is 4.49. The molecule has 0 amide bonds. The Kier molecular flexibility index (Phi) is 6.66. The van der Waals surface area contributed by atoms with Crippen molar-refractivity contribution in [3.05, 3.63) is 64.2 Å². The van der Waals surface area contributed by atoms with Gasteiger partial charge in [0.25, 0.3) is 0 Å². The Balaban J connectivity index is 1.90. The van der Waals surface area contributed by atoms with Crippen LogP contribution in [-0.2, 0) is 6.61 Å². The molecule has 152 valence electrons. The second-order valence-electron chi connectivity index (χ2n) is 6.63. The van der Waals surface area contributed by atoms with E-state index in [9.17, 15) is 0 Å². The molecule has 0 aliphatic rings. The van der Waals surface area contributed by atoms with Crippen LogP contribution in [0.15, 0.2) is 47.6 Å². The molecule has 7 nitrogen and oxygen atoms in total. The lowest BCUT2D eigenvalue weighted by Crippen LogP contribution is -2.03. The molecule has 1 heterocycles. The summed E-state index contributed by atoms with van der Waals surface area (Å²) in [5.41, 5.74) is 1.83. The van der Waals surface area contributed by atoms with Gasteiger partial charge in [0, 0.05) is 11.5 Å². The molecule has 0 aliphatic carbocycles. The van der Waals surface area contributed by atoms with Crippen molar-refractivity contribution in [2.24, 2.45) is 5.10 Å². The average molecular weight is 413 g/mol. The number of rotatable bonds is 8. The van der Waals surface area contributed by atoms with Crippen LogP contribution < -0.4 is 14.2 Å². The van der Waals surface area contributed by atoms with Gasteiger partial charge in [-0.3, -0.25) is 5.10 Å². The van der Waals surface area contributed by atoms with Gasteiger partial charge in [-0.15, -0.1) is 0 Å². The normalized spacial score (nSPS) is 11.2. The van der Waals surface area contributed by atoms with Gasteiger partial charge in [0.05, 0.1) is 20.4 Å².